The van der Waals surface area contributed by atoms with E-state index in [9.17, 15) is 13.6 Å². The first-order valence-corrected chi connectivity index (χ1v) is 10.1. The van der Waals surface area contributed by atoms with Gasteiger partial charge in [-0.05, 0) is 18.9 Å². The van der Waals surface area contributed by atoms with Crippen LogP contribution in [-0.2, 0) is 20.9 Å². The van der Waals surface area contributed by atoms with Crippen molar-refractivity contribution in [1.29, 1.82) is 0 Å². The summed E-state index contributed by atoms with van der Waals surface area (Å²) in [5, 5.41) is 1.14. The molecule has 9 heteroatoms. The summed E-state index contributed by atoms with van der Waals surface area (Å²) in [6, 6.07) is 2.88. The van der Waals surface area contributed by atoms with E-state index < -0.39 is 11.6 Å². The van der Waals surface area contributed by atoms with Crippen LogP contribution in [0.3, 0.4) is 0 Å². The first kappa shape index (κ1) is 21.9. The Morgan fingerprint density at radius 2 is 1.97 bits per heavy atom. The Bertz CT molecular complexity index is 680. The fraction of sp³-hybridized carbons (Fsp3) is 0.650. The minimum absolute atomic E-state index is 0.0226. The molecule has 0 unspecified atom stereocenters. The van der Waals surface area contributed by atoms with Crippen molar-refractivity contribution in [3.8, 4) is 5.75 Å². The van der Waals surface area contributed by atoms with Gasteiger partial charge in [-0.15, -0.1) is 0 Å². The number of morpholine rings is 1. The van der Waals surface area contributed by atoms with Crippen molar-refractivity contribution in [1.82, 2.24) is 15.5 Å². The molecule has 7 nitrogen and oxygen atoms in total. The number of halogens is 2. The van der Waals surface area contributed by atoms with E-state index >= 15 is 0 Å². The lowest BCUT2D eigenvalue weighted by Gasteiger charge is -2.26. The highest BCUT2D eigenvalue weighted by molar-refractivity contribution is 5.72. The van der Waals surface area contributed by atoms with Gasteiger partial charge in [0.1, 0.15) is 6.61 Å². The molecule has 1 aliphatic heterocycles. The Labute approximate surface area is 169 Å². The fourth-order valence-corrected chi connectivity index (χ4v) is 3.53. The van der Waals surface area contributed by atoms with Gasteiger partial charge in [-0.1, -0.05) is 24.1 Å². The second-order valence-corrected chi connectivity index (χ2v) is 7.38. The first-order valence-electron chi connectivity index (χ1n) is 10.1. The number of ether oxygens (including phenoxy) is 2. The van der Waals surface area contributed by atoms with Crippen LogP contribution in [0.15, 0.2) is 12.1 Å². The third-order valence-corrected chi connectivity index (χ3v) is 5.30. The summed E-state index contributed by atoms with van der Waals surface area (Å²) in [5.41, 5.74) is 2.87. The molecule has 0 aromatic heterocycles. The standard InChI is InChI=1S/C20H29F2N3O4/c1-24(29-20(26)15-4-2-3-5-15)23-14-16-6-7-17(19(22)18(16)21)28-13-10-25-8-11-27-12-9-25/h6-7,15,23H,2-5,8-14H2,1H3. The van der Waals surface area contributed by atoms with E-state index in [-0.39, 0.29) is 36.4 Å². The highest BCUT2D eigenvalue weighted by Gasteiger charge is 2.25. The second kappa shape index (κ2) is 10.8. The molecule has 1 N–H and O–H groups in total. The lowest BCUT2D eigenvalue weighted by atomic mass is 10.1. The van der Waals surface area contributed by atoms with E-state index in [1.54, 1.807) is 0 Å². The summed E-state index contributed by atoms with van der Waals surface area (Å²) in [7, 11) is 1.52. The molecule has 0 spiro atoms. The lowest BCUT2D eigenvalue weighted by molar-refractivity contribution is -0.203. The van der Waals surface area contributed by atoms with Crippen LogP contribution in [0.25, 0.3) is 0 Å². The summed E-state index contributed by atoms with van der Waals surface area (Å²) in [6.07, 6.45) is 3.73. The van der Waals surface area contributed by atoms with E-state index in [0.717, 1.165) is 43.9 Å². The molecular weight excluding hydrogens is 384 g/mol. The van der Waals surface area contributed by atoms with Gasteiger partial charge in [0.25, 0.3) is 0 Å². The molecule has 1 aromatic carbocycles. The number of nitrogens with zero attached hydrogens (tertiary/aromatic N) is 2. The Kier molecular flexibility index (Phi) is 8.17. The van der Waals surface area contributed by atoms with Gasteiger partial charge < -0.3 is 14.3 Å². The SMILES string of the molecule is CN(NCc1ccc(OCCN2CCOCC2)c(F)c1F)OC(=O)C1CCCC1. The number of carbonyl (C=O) groups is 1. The van der Waals surface area contributed by atoms with Crippen LogP contribution in [0, 0.1) is 17.6 Å². The van der Waals surface area contributed by atoms with E-state index in [0.29, 0.717) is 19.8 Å². The molecule has 29 heavy (non-hydrogen) atoms. The summed E-state index contributed by atoms with van der Waals surface area (Å²) in [5.74, 6) is -2.48. The van der Waals surface area contributed by atoms with Crippen LogP contribution in [-0.4, -0.2) is 62.5 Å². The third kappa shape index (κ3) is 6.33. The van der Waals surface area contributed by atoms with Crippen LogP contribution in [0.2, 0.25) is 0 Å². The highest BCUT2D eigenvalue weighted by Crippen LogP contribution is 2.26. The maximum Gasteiger partial charge on any atom is 0.329 e. The Balaban J connectivity index is 1.44. The van der Waals surface area contributed by atoms with E-state index in [4.69, 9.17) is 14.3 Å². The highest BCUT2D eigenvalue weighted by atomic mass is 19.2. The fourth-order valence-electron chi connectivity index (χ4n) is 3.53. The molecule has 2 aliphatic rings. The first-order chi connectivity index (χ1) is 14.0. The maximum atomic E-state index is 14.4. The molecule has 2 fully saturated rings. The van der Waals surface area contributed by atoms with Crippen molar-refractivity contribution in [2.24, 2.45) is 5.92 Å². The second-order valence-electron chi connectivity index (χ2n) is 7.38. The van der Waals surface area contributed by atoms with Gasteiger partial charge in [0.15, 0.2) is 11.6 Å². The zero-order valence-corrected chi connectivity index (χ0v) is 16.8. The molecule has 1 saturated carbocycles. The number of hydroxylamine groups is 1. The molecule has 1 saturated heterocycles. The zero-order chi connectivity index (χ0) is 20.6. The Morgan fingerprint density at radius 3 is 2.69 bits per heavy atom. The largest absolute Gasteiger partial charge is 0.489 e. The van der Waals surface area contributed by atoms with E-state index in [2.05, 4.69) is 10.3 Å². The van der Waals surface area contributed by atoms with Crippen LogP contribution in [0.4, 0.5) is 8.78 Å². The minimum atomic E-state index is -1.02. The van der Waals surface area contributed by atoms with Gasteiger partial charge in [-0.25, -0.2) is 14.6 Å². The minimum Gasteiger partial charge on any atom is -0.489 e. The molecule has 0 amide bonds. The van der Waals surface area contributed by atoms with Crippen molar-refractivity contribution >= 4 is 5.97 Å². The normalized spacial score (nSPS) is 18.3. The summed E-state index contributed by atoms with van der Waals surface area (Å²) in [4.78, 5) is 19.3. The summed E-state index contributed by atoms with van der Waals surface area (Å²) < 4.78 is 39.3. The van der Waals surface area contributed by atoms with Crippen molar-refractivity contribution in [3.63, 3.8) is 0 Å². The van der Waals surface area contributed by atoms with Gasteiger partial charge in [-0.3, -0.25) is 4.90 Å². The van der Waals surface area contributed by atoms with Gasteiger partial charge in [0.2, 0.25) is 5.82 Å². The van der Waals surface area contributed by atoms with Gasteiger partial charge in [0.05, 0.1) is 19.1 Å². The van der Waals surface area contributed by atoms with Crippen molar-refractivity contribution in [2.75, 3.05) is 46.5 Å². The molecule has 1 aromatic rings. The number of hydrazine groups is 1. The molecule has 1 aliphatic carbocycles. The molecule has 3 rings (SSSR count). The van der Waals surface area contributed by atoms with Crippen LogP contribution < -0.4 is 10.2 Å². The monoisotopic (exact) mass is 413 g/mol. The maximum absolute atomic E-state index is 14.4. The predicted octanol–water partition coefficient (Wildman–Crippen LogP) is 2.26. The van der Waals surface area contributed by atoms with Gasteiger partial charge >= 0.3 is 5.97 Å². The average Bonchev–Trinajstić information content (AvgIpc) is 3.26. The zero-order valence-electron chi connectivity index (χ0n) is 16.8. The molecular formula is C20H29F2N3O4. The smallest absolute Gasteiger partial charge is 0.329 e. The number of benzene rings is 1. The summed E-state index contributed by atoms with van der Waals surface area (Å²) in [6.45, 7) is 3.85. The quantitative estimate of drug-likeness (QED) is 0.623. The Morgan fingerprint density at radius 1 is 1.24 bits per heavy atom. The number of nitrogens with one attached hydrogen (secondary N) is 1. The van der Waals surface area contributed by atoms with Crippen LogP contribution in [0.1, 0.15) is 31.2 Å². The van der Waals surface area contributed by atoms with E-state index in [1.165, 1.54) is 19.2 Å². The summed E-state index contributed by atoms with van der Waals surface area (Å²) >= 11 is 0. The van der Waals surface area contributed by atoms with Crippen molar-refractivity contribution < 1.29 is 27.9 Å². The van der Waals surface area contributed by atoms with Crippen LogP contribution >= 0.6 is 0 Å². The third-order valence-electron chi connectivity index (χ3n) is 5.30. The number of carbonyl (C=O) groups excluding carboxylic acids is 1. The van der Waals surface area contributed by atoms with Gasteiger partial charge in [0, 0.05) is 38.8 Å². The lowest BCUT2D eigenvalue weighted by Crippen LogP contribution is -2.38. The molecule has 0 atom stereocenters. The van der Waals surface area contributed by atoms with Crippen molar-refractivity contribution in [2.45, 2.75) is 32.2 Å². The molecule has 162 valence electrons. The number of hydrogen-bond acceptors (Lipinski definition) is 7. The van der Waals surface area contributed by atoms with Crippen molar-refractivity contribution in [3.05, 3.63) is 29.3 Å². The molecule has 0 bridgehead atoms. The molecule has 1 heterocycles. The molecule has 0 radical (unpaired) electrons. The van der Waals surface area contributed by atoms with Crippen LogP contribution in [0.5, 0.6) is 5.75 Å². The Hall–Kier alpha value is -1.81. The topological polar surface area (TPSA) is 63.3 Å². The number of rotatable bonds is 9. The number of hydrogen-bond donors (Lipinski definition) is 1. The van der Waals surface area contributed by atoms with E-state index in [1.807, 2.05) is 0 Å². The average molecular weight is 413 g/mol. The van der Waals surface area contributed by atoms with Gasteiger partial charge in [-0.2, -0.15) is 4.39 Å². The predicted molar refractivity (Wildman–Crippen MR) is 102 cm³/mol.